The Morgan fingerprint density at radius 1 is 1.72 bits per heavy atom. The maximum absolute atomic E-state index is 10.8. The van der Waals surface area contributed by atoms with Crippen LogP contribution in [0.5, 0.6) is 0 Å². The van der Waals surface area contributed by atoms with Crippen molar-refractivity contribution in [3.63, 3.8) is 0 Å². The first-order valence-corrected chi connectivity index (χ1v) is 5.60. The molecule has 0 bridgehead atoms. The summed E-state index contributed by atoms with van der Waals surface area (Å²) in [7, 11) is 0. The number of carboxylic acid groups (broad SMARTS) is 1. The lowest BCUT2D eigenvalue weighted by Crippen LogP contribution is -2.22. The highest BCUT2D eigenvalue weighted by molar-refractivity contribution is 6.30. The predicted octanol–water partition coefficient (Wildman–Crippen LogP) is 2.17. The molecule has 8 heteroatoms. The number of nitrogens with one attached hydrogen (secondary N) is 1. The van der Waals surface area contributed by atoms with Crippen molar-refractivity contribution in [2.75, 3.05) is 11.9 Å². The third-order valence-corrected chi connectivity index (χ3v) is 2.60. The lowest BCUT2D eigenvalue weighted by molar-refractivity contribution is -0.384. The molecule has 0 spiro atoms. The van der Waals surface area contributed by atoms with Crippen molar-refractivity contribution in [2.45, 2.75) is 13.3 Å². The van der Waals surface area contributed by atoms with E-state index in [0.29, 0.717) is 6.42 Å². The maximum Gasteiger partial charge on any atom is 0.312 e. The van der Waals surface area contributed by atoms with Gasteiger partial charge in [0.25, 0.3) is 0 Å². The quantitative estimate of drug-likeness (QED) is 0.608. The van der Waals surface area contributed by atoms with Gasteiger partial charge in [0.05, 0.1) is 15.9 Å². The zero-order chi connectivity index (χ0) is 13.7. The van der Waals surface area contributed by atoms with Crippen LogP contribution in [0, 0.1) is 16.0 Å². The molecule has 0 saturated carbocycles. The minimum atomic E-state index is -0.957. The summed E-state index contributed by atoms with van der Waals surface area (Å²) in [4.78, 5) is 24.7. The Morgan fingerprint density at radius 2 is 2.39 bits per heavy atom. The second kappa shape index (κ2) is 6.15. The number of hydrogen-bond acceptors (Lipinski definition) is 5. The first kappa shape index (κ1) is 14.2. The number of aromatic nitrogens is 1. The molecule has 0 radical (unpaired) electrons. The van der Waals surface area contributed by atoms with Gasteiger partial charge in [-0.25, -0.2) is 4.98 Å². The van der Waals surface area contributed by atoms with Crippen LogP contribution < -0.4 is 5.32 Å². The number of aliphatic carboxylic acids is 1. The molecule has 0 saturated heterocycles. The largest absolute Gasteiger partial charge is 0.481 e. The Labute approximate surface area is 108 Å². The van der Waals surface area contributed by atoms with E-state index in [4.69, 9.17) is 16.7 Å². The Balaban J connectivity index is 2.84. The van der Waals surface area contributed by atoms with Gasteiger partial charge in [-0.1, -0.05) is 18.5 Å². The minimum absolute atomic E-state index is 0.0177. The second-order valence-electron chi connectivity index (χ2n) is 3.60. The van der Waals surface area contributed by atoms with Crippen LogP contribution in [0.3, 0.4) is 0 Å². The molecule has 1 unspecified atom stereocenters. The number of nitrogens with zero attached hydrogens (tertiary/aromatic N) is 2. The van der Waals surface area contributed by atoms with E-state index < -0.39 is 16.8 Å². The van der Waals surface area contributed by atoms with E-state index in [2.05, 4.69) is 10.3 Å². The highest BCUT2D eigenvalue weighted by Crippen LogP contribution is 2.25. The molecule has 1 atom stereocenters. The molecule has 0 aromatic carbocycles. The van der Waals surface area contributed by atoms with Gasteiger partial charge >= 0.3 is 11.7 Å². The number of hydrogen-bond donors (Lipinski definition) is 2. The molecule has 2 N–H and O–H groups in total. The van der Waals surface area contributed by atoms with Crippen molar-refractivity contribution >= 4 is 29.1 Å². The van der Waals surface area contributed by atoms with Gasteiger partial charge < -0.3 is 10.4 Å². The fraction of sp³-hybridized carbons (Fsp3) is 0.400. The van der Waals surface area contributed by atoms with Crippen molar-refractivity contribution in [1.29, 1.82) is 0 Å². The van der Waals surface area contributed by atoms with Crippen LogP contribution in [0.25, 0.3) is 0 Å². The summed E-state index contributed by atoms with van der Waals surface area (Å²) in [5.74, 6) is -1.56. The van der Waals surface area contributed by atoms with Crippen molar-refractivity contribution in [3.8, 4) is 0 Å². The molecule has 0 aliphatic heterocycles. The van der Waals surface area contributed by atoms with Gasteiger partial charge in [0.1, 0.15) is 0 Å². The molecule has 0 amide bonds. The SMILES string of the molecule is CCC(CNc1ncc(Cl)cc1[N+](=O)[O-])C(=O)O. The maximum atomic E-state index is 10.8. The number of nitro groups is 1. The van der Waals surface area contributed by atoms with Gasteiger partial charge in [-0.05, 0) is 6.42 Å². The molecule has 0 aliphatic carbocycles. The topological polar surface area (TPSA) is 105 Å². The molecule has 0 aliphatic rings. The standard InChI is InChI=1S/C10H12ClN3O4/c1-2-6(10(15)16)4-12-9-8(14(17)18)3-7(11)5-13-9/h3,5-6H,2,4H2,1H3,(H,12,13)(H,15,16). The van der Waals surface area contributed by atoms with Crippen LogP contribution in [-0.2, 0) is 4.79 Å². The Bertz CT molecular complexity index is 466. The van der Waals surface area contributed by atoms with Crippen molar-refractivity contribution < 1.29 is 14.8 Å². The van der Waals surface area contributed by atoms with E-state index in [0.717, 1.165) is 0 Å². The van der Waals surface area contributed by atoms with Crippen LogP contribution in [0.15, 0.2) is 12.3 Å². The van der Waals surface area contributed by atoms with Gasteiger partial charge in [-0.15, -0.1) is 0 Å². The van der Waals surface area contributed by atoms with Gasteiger partial charge in [0.2, 0.25) is 5.82 Å². The zero-order valence-corrected chi connectivity index (χ0v) is 10.3. The van der Waals surface area contributed by atoms with E-state index in [1.165, 1.54) is 12.3 Å². The summed E-state index contributed by atoms with van der Waals surface area (Å²) in [5, 5.41) is 22.4. The molecule has 1 heterocycles. The fourth-order valence-electron chi connectivity index (χ4n) is 1.33. The number of carboxylic acids is 1. The van der Waals surface area contributed by atoms with Gasteiger partial charge in [-0.3, -0.25) is 14.9 Å². The van der Waals surface area contributed by atoms with Crippen LogP contribution >= 0.6 is 11.6 Å². The first-order chi connectivity index (χ1) is 8.45. The highest BCUT2D eigenvalue weighted by Gasteiger charge is 2.19. The second-order valence-corrected chi connectivity index (χ2v) is 4.04. The minimum Gasteiger partial charge on any atom is -0.481 e. The van der Waals surface area contributed by atoms with E-state index in [-0.39, 0.29) is 23.1 Å². The number of anilines is 1. The molecule has 7 nitrogen and oxygen atoms in total. The molecule has 18 heavy (non-hydrogen) atoms. The number of halogens is 1. The highest BCUT2D eigenvalue weighted by atomic mass is 35.5. The van der Waals surface area contributed by atoms with Gasteiger partial charge in [0.15, 0.2) is 0 Å². The van der Waals surface area contributed by atoms with Gasteiger partial charge in [0, 0.05) is 18.8 Å². The summed E-state index contributed by atoms with van der Waals surface area (Å²) in [6.45, 7) is 1.80. The summed E-state index contributed by atoms with van der Waals surface area (Å²) in [5.41, 5.74) is -0.275. The van der Waals surface area contributed by atoms with Crippen molar-refractivity contribution in [1.82, 2.24) is 4.98 Å². The molecular formula is C10H12ClN3O4. The average Bonchev–Trinajstić information content (AvgIpc) is 2.30. The van der Waals surface area contributed by atoms with E-state index in [1.54, 1.807) is 6.92 Å². The third kappa shape index (κ3) is 3.56. The Morgan fingerprint density at radius 3 is 2.89 bits per heavy atom. The monoisotopic (exact) mass is 273 g/mol. The molecule has 1 rings (SSSR count). The molecule has 1 aromatic heterocycles. The fourth-order valence-corrected chi connectivity index (χ4v) is 1.48. The van der Waals surface area contributed by atoms with E-state index in [1.807, 2.05) is 0 Å². The van der Waals surface area contributed by atoms with E-state index in [9.17, 15) is 14.9 Å². The number of rotatable bonds is 6. The van der Waals surface area contributed by atoms with Crippen LogP contribution in [-0.4, -0.2) is 27.5 Å². The summed E-state index contributed by atoms with van der Waals surface area (Å²) < 4.78 is 0. The third-order valence-electron chi connectivity index (χ3n) is 2.39. The van der Waals surface area contributed by atoms with Crippen LogP contribution in [0.4, 0.5) is 11.5 Å². The Kier molecular flexibility index (Phi) is 4.85. The molecule has 0 fully saturated rings. The number of carbonyl (C=O) groups is 1. The smallest absolute Gasteiger partial charge is 0.312 e. The number of pyridine rings is 1. The van der Waals surface area contributed by atoms with Crippen molar-refractivity contribution in [3.05, 3.63) is 27.4 Å². The molecular weight excluding hydrogens is 262 g/mol. The summed E-state index contributed by atoms with van der Waals surface area (Å²) >= 11 is 5.61. The zero-order valence-electron chi connectivity index (χ0n) is 9.59. The normalized spacial score (nSPS) is 11.9. The predicted molar refractivity (Wildman–Crippen MR) is 65.8 cm³/mol. The average molecular weight is 274 g/mol. The summed E-state index contributed by atoms with van der Waals surface area (Å²) in [6, 6.07) is 1.17. The Hall–Kier alpha value is -1.89. The first-order valence-electron chi connectivity index (χ1n) is 5.22. The van der Waals surface area contributed by atoms with Crippen molar-refractivity contribution in [2.24, 2.45) is 5.92 Å². The van der Waals surface area contributed by atoms with E-state index >= 15 is 0 Å². The summed E-state index contributed by atoms with van der Waals surface area (Å²) in [6.07, 6.45) is 1.68. The molecule has 1 aromatic rings. The lowest BCUT2D eigenvalue weighted by atomic mass is 10.1. The van der Waals surface area contributed by atoms with Gasteiger partial charge in [-0.2, -0.15) is 0 Å². The molecule has 98 valence electrons. The lowest BCUT2D eigenvalue weighted by Gasteiger charge is -2.11. The van der Waals surface area contributed by atoms with Crippen LogP contribution in [0.2, 0.25) is 5.02 Å². The van der Waals surface area contributed by atoms with Crippen LogP contribution in [0.1, 0.15) is 13.3 Å².